The number of rotatable bonds is 4. The standard InChI is InChI=1S/C16H29NO4/c1-8-9-12(18)10-13-11(2)17(16(6,7)20-13)14(19)21-15(3,4)5/h8,11-13,18H,1,9-10H2,2-7H3/t11-,12-,13-/m0/s1. The average Bonchev–Trinajstić information content (AvgIpc) is 2.46. The van der Waals surface area contributed by atoms with Gasteiger partial charge in [0.05, 0.1) is 18.2 Å². The summed E-state index contributed by atoms with van der Waals surface area (Å²) in [5.41, 5.74) is -1.30. The van der Waals surface area contributed by atoms with Crippen molar-refractivity contribution >= 4 is 6.09 Å². The van der Waals surface area contributed by atoms with Crippen LogP contribution in [0.25, 0.3) is 0 Å². The van der Waals surface area contributed by atoms with Gasteiger partial charge in [-0.1, -0.05) is 6.08 Å². The molecule has 1 rings (SSSR count). The van der Waals surface area contributed by atoms with Gasteiger partial charge in [-0.3, -0.25) is 4.90 Å². The maximum Gasteiger partial charge on any atom is 0.412 e. The molecule has 0 radical (unpaired) electrons. The fraction of sp³-hybridized carbons (Fsp3) is 0.812. The number of carbonyl (C=O) groups excluding carboxylic acids is 1. The van der Waals surface area contributed by atoms with Crippen molar-refractivity contribution in [2.75, 3.05) is 0 Å². The van der Waals surface area contributed by atoms with E-state index in [9.17, 15) is 9.90 Å². The van der Waals surface area contributed by atoms with Crippen molar-refractivity contribution in [2.24, 2.45) is 0 Å². The van der Waals surface area contributed by atoms with E-state index < -0.39 is 17.4 Å². The summed E-state index contributed by atoms with van der Waals surface area (Å²) in [6.07, 6.45) is 1.55. The molecule has 1 fully saturated rings. The highest BCUT2D eigenvalue weighted by Crippen LogP contribution is 2.35. The van der Waals surface area contributed by atoms with E-state index in [0.717, 1.165) is 0 Å². The summed E-state index contributed by atoms with van der Waals surface area (Å²) in [6.45, 7) is 14.7. The third kappa shape index (κ3) is 4.71. The molecule has 1 aliphatic rings. The Labute approximate surface area is 127 Å². The van der Waals surface area contributed by atoms with Gasteiger partial charge in [0.1, 0.15) is 11.3 Å². The van der Waals surface area contributed by atoms with E-state index in [0.29, 0.717) is 12.8 Å². The minimum absolute atomic E-state index is 0.158. The molecule has 0 saturated carbocycles. The largest absolute Gasteiger partial charge is 0.444 e. The molecule has 0 aliphatic carbocycles. The van der Waals surface area contributed by atoms with Crippen LogP contribution in [0.5, 0.6) is 0 Å². The van der Waals surface area contributed by atoms with Gasteiger partial charge in [0.15, 0.2) is 0 Å². The lowest BCUT2D eigenvalue weighted by molar-refractivity contribution is -0.0846. The minimum Gasteiger partial charge on any atom is -0.444 e. The van der Waals surface area contributed by atoms with Crippen LogP contribution < -0.4 is 0 Å². The average molecular weight is 299 g/mol. The van der Waals surface area contributed by atoms with Crippen molar-refractivity contribution in [3.63, 3.8) is 0 Å². The first-order valence-electron chi connectivity index (χ1n) is 7.47. The molecule has 5 nitrogen and oxygen atoms in total. The predicted molar refractivity (Wildman–Crippen MR) is 81.9 cm³/mol. The van der Waals surface area contributed by atoms with Gasteiger partial charge in [-0.15, -0.1) is 6.58 Å². The summed E-state index contributed by atoms with van der Waals surface area (Å²) in [7, 11) is 0. The van der Waals surface area contributed by atoms with Gasteiger partial charge in [-0.2, -0.15) is 0 Å². The summed E-state index contributed by atoms with van der Waals surface area (Å²) in [5.74, 6) is 0. The maximum atomic E-state index is 12.4. The zero-order chi connectivity index (χ0) is 16.4. The van der Waals surface area contributed by atoms with Crippen molar-refractivity contribution in [3.8, 4) is 0 Å². The van der Waals surface area contributed by atoms with Crippen molar-refractivity contribution in [3.05, 3.63) is 12.7 Å². The molecule has 1 saturated heterocycles. The van der Waals surface area contributed by atoms with Gasteiger partial charge in [0, 0.05) is 6.42 Å². The molecular formula is C16H29NO4. The van der Waals surface area contributed by atoms with Gasteiger partial charge in [-0.05, 0) is 48.0 Å². The van der Waals surface area contributed by atoms with Gasteiger partial charge in [-0.25, -0.2) is 4.79 Å². The molecule has 1 heterocycles. The highest BCUT2D eigenvalue weighted by molar-refractivity contribution is 5.69. The number of amides is 1. The molecule has 0 aromatic rings. The van der Waals surface area contributed by atoms with E-state index in [2.05, 4.69) is 6.58 Å². The number of nitrogens with zero attached hydrogens (tertiary/aromatic N) is 1. The number of carbonyl (C=O) groups is 1. The molecule has 0 aromatic heterocycles. The number of hydrogen-bond donors (Lipinski definition) is 1. The molecule has 1 amide bonds. The van der Waals surface area contributed by atoms with E-state index in [1.807, 2.05) is 41.5 Å². The van der Waals surface area contributed by atoms with Crippen LogP contribution in [0.2, 0.25) is 0 Å². The van der Waals surface area contributed by atoms with Crippen molar-refractivity contribution in [1.82, 2.24) is 4.90 Å². The smallest absolute Gasteiger partial charge is 0.412 e. The lowest BCUT2D eigenvalue weighted by Crippen LogP contribution is -2.49. The summed E-state index contributed by atoms with van der Waals surface area (Å²) in [6, 6.07) is -0.158. The number of aliphatic hydroxyl groups excluding tert-OH is 1. The predicted octanol–water partition coefficient (Wildman–Crippen LogP) is 3.07. The normalized spacial score (nSPS) is 26.5. The van der Waals surface area contributed by atoms with E-state index in [1.165, 1.54) is 0 Å². The Bertz CT molecular complexity index is 386. The number of hydrogen-bond acceptors (Lipinski definition) is 4. The van der Waals surface area contributed by atoms with Crippen molar-refractivity contribution < 1.29 is 19.4 Å². The van der Waals surface area contributed by atoms with Gasteiger partial charge >= 0.3 is 6.09 Å². The van der Waals surface area contributed by atoms with Crippen LogP contribution in [0.1, 0.15) is 54.4 Å². The first kappa shape index (κ1) is 18.0. The van der Waals surface area contributed by atoms with E-state index >= 15 is 0 Å². The summed E-state index contributed by atoms with van der Waals surface area (Å²) < 4.78 is 11.4. The lowest BCUT2D eigenvalue weighted by Gasteiger charge is -2.34. The first-order valence-corrected chi connectivity index (χ1v) is 7.47. The third-order valence-corrected chi connectivity index (χ3v) is 3.50. The van der Waals surface area contributed by atoms with Crippen LogP contribution in [-0.2, 0) is 9.47 Å². The topological polar surface area (TPSA) is 59.0 Å². The maximum absolute atomic E-state index is 12.4. The van der Waals surface area contributed by atoms with Crippen LogP contribution >= 0.6 is 0 Å². The zero-order valence-corrected chi connectivity index (χ0v) is 14.0. The number of ether oxygens (including phenoxy) is 2. The highest BCUT2D eigenvalue weighted by atomic mass is 16.6. The second kappa shape index (κ2) is 6.36. The second-order valence-electron chi connectivity index (χ2n) is 7.11. The monoisotopic (exact) mass is 299 g/mol. The van der Waals surface area contributed by atoms with E-state index in [4.69, 9.17) is 9.47 Å². The van der Waals surface area contributed by atoms with Crippen LogP contribution in [0.4, 0.5) is 4.79 Å². The summed E-state index contributed by atoms with van der Waals surface area (Å²) >= 11 is 0. The van der Waals surface area contributed by atoms with Crippen molar-refractivity contribution in [2.45, 2.75) is 84.0 Å². The zero-order valence-electron chi connectivity index (χ0n) is 14.0. The van der Waals surface area contributed by atoms with Gasteiger partial charge in [0.25, 0.3) is 0 Å². The Balaban J connectivity index is 2.81. The molecular weight excluding hydrogens is 270 g/mol. The Morgan fingerprint density at radius 2 is 2.10 bits per heavy atom. The molecule has 5 heteroatoms. The van der Waals surface area contributed by atoms with Crippen LogP contribution in [0.15, 0.2) is 12.7 Å². The van der Waals surface area contributed by atoms with E-state index in [1.54, 1.807) is 11.0 Å². The SMILES string of the molecule is C=CC[C@H](O)C[C@@H]1OC(C)(C)N(C(=O)OC(C)(C)C)[C@H]1C. The van der Waals surface area contributed by atoms with Gasteiger partial charge < -0.3 is 14.6 Å². The Morgan fingerprint density at radius 1 is 1.52 bits per heavy atom. The summed E-state index contributed by atoms with van der Waals surface area (Å²) in [4.78, 5) is 14.0. The minimum atomic E-state index is -0.750. The quantitative estimate of drug-likeness (QED) is 0.810. The molecule has 3 atom stereocenters. The van der Waals surface area contributed by atoms with Crippen LogP contribution in [0.3, 0.4) is 0 Å². The highest BCUT2D eigenvalue weighted by Gasteiger charge is 2.49. The molecule has 1 aliphatic heterocycles. The van der Waals surface area contributed by atoms with Crippen LogP contribution in [0, 0.1) is 0 Å². The number of aliphatic hydroxyl groups is 1. The first-order chi connectivity index (χ1) is 9.48. The molecule has 21 heavy (non-hydrogen) atoms. The molecule has 0 bridgehead atoms. The molecule has 0 unspecified atom stereocenters. The summed E-state index contributed by atoms with van der Waals surface area (Å²) in [5, 5.41) is 9.92. The molecule has 0 spiro atoms. The van der Waals surface area contributed by atoms with Gasteiger partial charge in [0.2, 0.25) is 0 Å². The lowest BCUT2D eigenvalue weighted by atomic mass is 10.0. The van der Waals surface area contributed by atoms with Crippen molar-refractivity contribution in [1.29, 1.82) is 0 Å². The molecule has 0 aromatic carbocycles. The Hall–Kier alpha value is -1.07. The van der Waals surface area contributed by atoms with E-state index in [-0.39, 0.29) is 18.2 Å². The fourth-order valence-electron chi connectivity index (χ4n) is 2.68. The fourth-order valence-corrected chi connectivity index (χ4v) is 2.68. The Kier molecular flexibility index (Phi) is 5.45. The second-order valence-corrected chi connectivity index (χ2v) is 7.11. The Morgan fingerprint density at radius 3 is 2.57 bits per heavy atom. The third-order valence-electron chi connectivity index (χ3n) is 3.50. The molecule has 1 N–H and O–H groups in total. The van der Waals surface area contributed by atoms with Crippen LogP contribution in [-0.4, -0.2) is 45.7 Å². The molecule has 122 valence electrons.